The zero-order valence-corrected chi connectivity index (χ0v) is 14.3. The molecule has 1 saturated carbocycles. The minimum atomic E-state index is 0.0450. The van der Waals surface area contributed by atoms with Crippen molar-refractivity contribution in [1.82, 2.24) is 14.7 Å². The van der Waals surface area contributed by atoms with Crippen molar-refractivity contribution < 1.29 is 4.79 Å². The highest BCUT2D eigenvalue weighted by Gasteiger charge is 2.16. The maximum Gasteiger partial charge on any atom is 0.252 e. The van der Waals surface area contributed by atoms with Crippen LogP contribution in [0.2, 0.25) is 0 Å². The highest BCUT2D eigenvalue weighted by Crippen LogP contribution is 2.18. The third-order valence-electron chi connectivity index (χ3n) is 4.99. The molecule has 0 aromatic carbocycles. The van der Waals surface area contributed by atoms with E-state index in [0.717, 1.165) is 41.9 Å². The van der Waals surface area contributed by atoms with Gasteiger partial charge in [0.05, 0.1) is 11.3 Å². The highest BCUT2D eigenvalue weighted by molar-refractivity contribution is 5.94. The fourth-order valence-corrected chi connectivity index (χ4v) is 3.55. The molecule has 1 fully saturated rings. The number of hydrogen-bond acceptors (Lipinski definition) is 2. The Bertz CT molecular complexity index is 681. The van der Waals surface area contributed by atoms with Crippen LogP contribution >= 0.6 is 0 Å². The van der Waals surface area contributed by atoms with Gasteiger partial charge in [-0.2, -0.15) is 0 Å². The minimum Gasteiger partial charge on any atom is -0.349 e. The Morgan fingerprint density at radius 1 is 1.22 bits per heavy atom. The van der Waals surface area contributed by atoms with E-state index < -0.39 is 0 Å². The fourth-order valence-electron chi connectivity index (χ4n) is 3.55. The van der Waals surface area contributed by atoms with E-state index in [9.17, 15) is 4.79 Å². The van der Waals surface area contributed by atoms with E-state index in [1.165, 1.54) is 32.1 Å². The van der Waals surface area contributed by atoms with Crippen LogP contribution < -0.4 is 5.32 Å². The molecule has 0 atom stereocenters. The first-order chi connectivity index (χ1) is 11.2. The Kier molecular flexibility index (Phi) is 4.99. The van der Waals surface area contributed by atoms with Crippen molar-refractivity contribution in [3.63, 3.8) is 0 Å². The molecule has 124 valence electrons. The van der Waals surface area contributed by atoms with Gasteiger partial charge in [-0.25, -0.2) is 4.98 Å². The van der Waals surface area contributed by atoms with Gasteiger partial charge in [0, 0.05) is 17.9 Å². The monoisotopic (exact) mass is 313 g/mol. The third kappa shape index (κ3) is 3.57. The summed E-state index contributed by atoms with van der Waals surface area (Å²) in [6.45, 7) is 4.17. The second kappa shape index (κ2) is 7.16. The summed E-state index contributed by atoms with van der Waals surface area (Å²) >= 11 is 0. The predicted octanol–water partition coefficient (Wildman–Crippen LogP) is 4.05. The highest BCUT2D eigenvalue weighted by atomic mass is 16.1. The normalized spacial score (nSPS) is 17.0. The molecule has 4 heteroatoms. The van der Waals surface area contributed by atoms with Crippen LogP contribution in [0.15, 0.2) is 18.3 Å². The molecule has 2 aromatic rings. The van der Waals surface area contributed by atoms with Crippen LogP contribution in [0.5, 0.6) is 0 Å². The zero-order chi connectivity index (χ0) is 16.2. The van der Waals surface area contributed by atoms with Crippen LogP contribution in [0.3, 0.4) is 0 Å². The van der Waals surface area contributed by atoms with E-state index in [0.29, 0.717) is 6.04 Å². The van der Waals surface area contributed by atoms with Gasteiger partial charge in [-0.15, -0.1) is 0 Å². The number of amides is 1. The summed E-state index contributed by atoms with van der Waals surface area (Å²) in [5.41, 5.74) is 3.87. The summed E-state index contributed by atoms with van der Waals surface area (Å²) in [5.74, 6) is 0.0450. The lowest BCUT2D eigenvalue weighted by Gasteiger charge is -2.21. The van der Waals surface area contributed by atoms with Crippen LogP contribution in [0.4, 0.5) is 0 Å². The molecule has 0 bridgehead atoms. The topological polar surface area (TPSA) is 46.4 Å². The van der Waals surface area contributed by atoms with E-state index >= 15 is 0 Å². The number of aryl methyl sites for hydroxylation is 2. The maximum atomic E-state index is 12.6. The molecule has 2 heterocycles. The minimum absolute atomic E-state index is 0.0450. The number of imidazole rings is 1. The quantitative estimate of drug-likeness (QED) is 0.929. The van der Waals surface area contributed by atoms with E-state index in [1.54, 1.807) is 0 Å². The summed E-state index contributed by atoms with van der Waals surface area (Å²) in [6.07, 6.45) is 11.5. The van der Waals surface area contributed by atoms with Crippen molar-refractivity contribution in [3.05, 3.63) is 35.3 Å². The van der Waals surface area contributed by atoms with E-state index in [1.807, 2.05) is 22.7 Å². The van der Waals surface area contributed by atoms with Crippen LogP contribution in [0.25, 0.3) is 5.65 Å². The molecule has 1 aliphatic carbocycles. The predicted molar refractivity (Wildman–Crippen MR) is 92.9 cm³/mol. The van der Waals surface area contributed by atoms with E-state index in [2.05, 4.69) is 24.1 Å². The molecule has 0 aliphatic heterocycles. The molecule has 0 saturated heterocycles. The van der Waals surface area contributed by atoms with Crippen LogP contribution in [-0.4, -0.2) is 21.3 Å². The smallest absolute Gasteiger partial charge is 0.252 e. The Morgan fingerprint density at radius 3 is 2.61 bits per heavy atom. The average Bonchev–Trinajstić information content (AvgIpc) is 2.85. The molecule has 23 heavy (non-hydrogen) atoms. The number of pyridine rings is 1. The zero-order valence-electron chi connectivity index (χ0n) is 14.3. The molecule has 1 aliphatic rings. The van der Waals surface area contributed by atoms with Gasteiger partial charge in [0.15, 0.2) is 0 Å². The average molecular weight is 313 g/mol. The largest absolute Gasteiger partial charge is 0.349 e. The van der Waals surface area contributed by atoms with Crippen LogP contribution in [-0.2, 0) is 6.42 Å². The van der Waals surface area contributed by atoms with Crippen molar-refractivity contribution >= 4 is 11.6 Å². The van der Waals surface area contributed by atoms with Crippen molar-refractivity contribution in [2.75, 3.05) is 0 Å². The van der Waals surface area contributed by atoms with Crippen LogP contribution in [0.1, 0.15) is 73.6 Å². The van der Waals surface area contributed by atoms with Crippen molar-refractivity contribution in [2.45, 2.75) is 71.3 Å². The van der Waals surface area contributed by atoms with Gasteiger partial charge in [-0.05, 0) is 38.3 Å². The number of nitrogens with zero attached hydrogens (tertiary/aromatic N) is 2. The van der Waals surface area contributed by atoms with Crippen molar-refractivity contribution in [2.24, 2.45) is 0 Å². The van der Waals surface area contributed by atoms with E-state index in [-0.39, 0.29) is 5.91 Å². The molecule has 2 aromatic heterocycles. The first-order valence-corrected chi connectivity index (χ1v) is 8.97. The Morgan fingerprint density at radius 2 is 1.91 bits per heavy atom. The molecule has 4 nitrogen and oxygen atoms in total. The second-order valence-corrected chi connectivity index (χ2v) is 6.66. The summed E-state index contributed by atoms with van der Waals surface area (Å²) in [7, 11) is 0. The van der Waals surface area contributed by atoms with Gasteiger partial charge in [0.1, 0.15) is 5.65 Å². The number of hydrogen-bond donors (Lipinski definition) is 1. The molecule has 0 unspecified atom stereocenters. The van der Waals surface area contributed by atoms with E-state index in [4.69, 9.17) is 0 Å². The summed E-state index contributed by atoms with van der Waals surface area (Å²) in [5, 5.41) is 3.24. The molecular formula is C19H27N3O. The van der Waals surface area contributed by atoms with Crippen LogP contribution in [0, 0.1) is 6.92 Å². The molecular weight excluding hydrogens is 286 g/mol. The SMILES string of the molecule is CCc1nc2ccc(C(=O)NC3CCCCCCC3)cn2c1C. The molecule has 1 N–H and O–H groups in total. The van der Waals surface area contributed by atoms with Gasteiger partial charge in [-0.1, -0.05) is 39.0 Å². The van der Waals surface area contributed by atoms with Gasteiger partial charge < -0.3 is 9.72 Å². The standard InChI is InChI=1S/C19H27N3O/c1-3-17-14(2)22-13-15(11-12-18(22)21-17)19(23)20-16-9-7-5-4-6-8-10-16/h11-13,16H,3-10H2,1-2H3,(H,20,23). The van der Waals surface area contributed by atoms with Crippen molar-refractivity contribution in [3.8, 4) is 0 Å². The Hall–Kier alpha value is -1.84. The lowest BCUT2D eigenvalue weighted by atomic mass is 9.96. The van der Waals surface area contributed by atoms with Gasteiger partial charge >= 0.3 is 0 Å². The number of carbonyl (C=O) groups is 1. The Labute approximate surface area is 138 Å². The third-order valence-corrected chi connectivity index (χ3v) is 4.99. The molecule has 3 rings (SSSR count). The number of rotatable bonds is 3. The first-order valence-electron chi connectivity index (χ1n) is 8.97. The second-order valence-electron chi connectivity index (χ2n) is 6.66. The summed E-state index contributed by atoms with van der Waals surface area (Å²) in [4.78, 5) is 17.2. The number of carbonyl (C=O) groups excluding carboxylic acids is 1. The fraction of sp³-hybridized carbons (Fsp3) is 0.579. The molecule has 0 spiro atoms. The molecule has 0 radical (unpaired) electrons. The van der Waals surface area contributed by atoms with Gasteiger partial charge in [0.2, 0.25) is 0 Å². The lowest BCUT2D eigenvalue weighted by molar-refractivity contribution is 0.0930. The number of fused-ring (bicyclic) bond motifs is 1. The molecule has 1 amide bonds. The summed E-state index contributed by atoms with van der Waals surface area (Å²) < 4.78 is 2.03. The Balaban J connectivity index is 1.76. The summed E-state index contributed by atoms with van der Waals surface area (Å²) in [6, 6.07) is 4.16. The maximum absolute atomic E-state index is 12.6. The number of nitrogens with one attached hydrogen (secondary N) is 1. The lowest BCUT2D eigenvalue weighted by Crippen LogP contribution is -2.35. The first kappa shape index (κ1) is 16.0. The van der Waals surface area contributed by atoms with Gasteiger partial charge in [-0.3, -0.25) is 4.79 Å². The van der Waals surface area contributed by atoms with Gasteiger partial charge in [0.25, 0.3) is 5.91 Å². The van der Waals surface area contributed by atoms with Crippen molar-refractivity contribution in [1.29, 1.82) is 0 Å². The number of aromatic nitrogens is 2.